The Morgan fingerprint density at radius 3 is 2.50 bits per heavy atom. The third-order valence-corrected chi connectivity index (χ3v) is 2.49. The van der Waals surface area contributed by atoms with Crippen LogP contribution in [0.25, 0.3) is 0 Å². The lowest BCUT2D eigenvalue weighted by molar-refractivity contribution is 0.252. The number of aliphatic hydroxyl groups is 1. The van der Waals surface area contributed by atoms with E-state index in [0.29, 0.717) is 13.0 Å². The van der Waals surface area contributed by atoms with Gasteiger partial charge in [-0.1, -0.05) is 0 Å². The van der Waals surface area contributed by atoms with Crippen molar-refractivity contribution in [1.29, 1.82) is 0 Å². The minimum absolute atomic E-state index is 0.0459. The van der Waals surface area contributed by atoms with Crippen molar-refractivity contribution in [2.45, 2.75) is 19.4 Å². The number of hydrogen-bond acceptors (Lipinski definition) is 4. The normalized spacial score (nSPS) is 14.6. The van der Waals surface area contributed by atoms with Crippen LogP contribution in [0.1, 0.15) is 13.3 Å². The van der Waals surface area contributed by atoms with Gasteiger partial charge in [-0.15, -0.1) is 0 Å². The molecule has 0 aromatic heterocycles. The number of sulfone groups is 1. The van der Waals surface area contributed by atoms with Crippen molar-refractivity contribution in [3.8, 4) is 0 Å². The Labute approximate surface area is 73.9 Å². The summed E-state index contributed by atoms with van der Waals surface area (Å²) in [6.07, 6.45) is 1.83. The zero-order chi connectivity index (χ0) is 9.61. The molecule has 0 radical (unpaired) electrons. The molecule has 0 amide bonds. The van der Waals surface area contributed by atoms with E-state index in [4.69, 9.17) is 5.11 Å². The van der Waals surface area contributed by atoms with E-state index in [2.05, 4.69) is 5.32 Å². The van der Waals surface area contributed by atoms with Gasteiger partial charge in [0.15, 0.2) is 0 Å². The van der Waals surface area contributed by atoms with E-state index in [-0.39, 0.29) is 18.4 Å². The lowest BCUT2D eigenvalue weighted by atomic mass is 10.3. The summed E-state index contributed by atoms with van der Waals surface area (Å²) in [5, 5.41) is 11.6. The van der Waals surface area contributed by atoms with E-state index in [1.54, 1.807) is 0 Å². The van der Waals surface area contributed by atoms with Crippen molar-refractivity contribution in [1.82, 2.24) is 5.32 Å². The maximum absolute atomic E-state index is 10.7. The number of nitrogens with one attached hydrogen (secondary N) is 1. The first-order valence-corrected chi connectivity index (χ1v) is 6.03. The van der Waals surface area contributed by atoms with Crippen LogP contribution >= 0.6 is 0 Å². The molecule has 12 heavy (non-hydrogen) atoms. The van der Waals surface area contributed by atoms with Crippen LogP contribution in [-0.2, 0) is 9.84 Å². The summed E-state index contributed by atoms with van der Waals surface area (Å²) in [5.41, 5.74) is 0. The molecule has 1 unspecified atom stereocenters. The van der Waals surface area contributed by atoms with Crippen LogP contribution < -0.4 is 5.32 Å². The molecule has 0 rings (SSSR count). The first-order chi connectivity index (χ1) is 5.45. The highest BCUT2D eigenvalue weighted by molar-refractivity contribution is 7.90. The first kappa shape index (κ1) is 11.9. The van der Waals surface area contributed by atoms with E-state index in [1.807, 2.05) is 6.92 Å². The summed E-state index contributed by atoms with van der Waals surface area (Å²) in [6.45, 7) is 2.56. The van der Waals surface area contributed by atoms with Crippen LogP contribution in [0.15, 0.2) is 0 Å². The molecule has 74 valence electrons. The van der Waals surface area contributed by atoms with Gasteiger partial charge in [0.2, 0.25) is 0 Å². The SMILES string of the molecule is CC(CO)NCCCS(C)(=O)=O. The summed E-state index contributed by atoms with van der Waals surface area (Å²) in [6, 6.07) is 0.0459. The van der Waals surface area contributed by atoms with E-state index >= 15 is 0 Å². The Kier molecular flexibility index (Phi) is 5.44. The third-order valence-electron chi connectivity index (χ3n) is 1.46. The summed E-state index contributed by atoms with van der Waals surface area (Å²) in [4.78, 5) is 0. The number of aliphatic hydroxyl groups excluding tert-OH is 1. The van der Waals surface area contributed by atoms with Crippen molar-refractivity contribution in [2.24, 2.45) is 0 Å². The van der Waals surface area contributed by atoms with Crippen molar-refractivity contribution in [3.63, 3.8) is 0 Å². The van der Waals surface area contributed by atoms with Crippen LogP contribution in [0.5, 0.6) is 0 Å². The van der Waals surface area contributed by atoms with Crippen molar-refractivity contribution < 1.29 is 13.5 Å². The molecule has 0 aromatic rings. The Morgan fingerprint density at radius 2 is 2.08 bits per heavy atom. The molecule has 0 aliphatic carbocycles. The fraction of sp³-hybridized carbons (Fsp3) is 1.00. The zero-order valence-electron chi connectivity index (χ0n) is 7.58. The van der Waals surface area contributed by atoms with E-state index in [0.717, 1.165) is 0 Å². The Hall–Kier alpha value is -0.130. The van der Waals surface area contributed by atoms with Crippen LogP contribution in [0.4, 0.5) is 0 Å². The summed E-state index contributed by atoms with van der Waals surface area (Å²) in [7, 11) is -2.83. The van der Waals surface area contributed by atoms with Gasteiger partial charge >= 0.3 is 0 Å². The molecule has 0 saturated carbocycles. The summed E-state index contributed by atoms with van der Waals surface area (Å²) >= 11 is 0. The van der Waals surface area contributed by atoms with Gasteiger partial charge < -0.3 is 10.4 Å². The number of rotatable bonds is 6. The predicted molar refractivity (Wildman–Crippen MR) is 48.9 cm³/mol. The second-order valence-electron chi connectivity index (χ2n) is 3.02. The maximum Gasteiger partial charge on any atom is 0.147 e. The Bertz CT molecular complexity index is 201. The first-order valence-electron chi connectivity index (χ1n) is 3.97. The van der Waals surface area contributed by atoms with Crippen LogP contribution in [0, 0.1) is 0 Å². The highest BCUT2D eigenvalue weighted by Crippen LogP contribution is 1.88. The lowest BCUT2D eigenvalue weighted by Crippen LogP contribution is -2.30. The molecule has 0 spiro atoms. The van der Waals surface area contributed by atoms with Gasteiger partial charge in [0.1, 0.15) is 9.84 Å². The monoisotopic (exact) mass is 195 g/mol. The highest BCUT2D eigenvalue weighted by Gasteiger charge is 2.02. The second kappa shape index (κ2) is 5.50. The smallest absolute Gasteiger partial charge is 0.147 e. The molecule has 0 aromatic carbocycles. The molecule has 0 fully saturated rings. The standard InChI is InChI=1S/C7H17NO3S/c1-7(6-9)8-4-3-5-12(2,10)11/h7-9H,3-6H2,1-2H3. The van der Waals surface area contributed by atoms with Gasteiger partial charge in [-0.3, -0.25) is 0 Å². The molecule has 2 N–H and O–H groups in total. The van der Waals surface area contributed by atoms with Gasteiger partial charge in [0, 0.05) is 12.3 Å². The third kappa shape index (κ3) is 7.97. The molecule has 0 saturated heterocycles. The largest absolute Gasteiger partial charge is 0.395 e. The molecular weight excluding hydrogens is 178 g/mol. The van der Waals surface area contributed by atoms with Crippen LogP contribution in [-0.4, -0.2) is 44.7 Å². The van der Waals surface area contributed by atoms with Crippen LogP contribution in [0.3, 0.4) is 0 Å². The lowest BCUT2D eigenvalue weighted by Gasteiger charge is -2.09. The van der Waals surface area contributed by atoms with Crippen LogP contribution in [0.2, 0.25) is 0 Å². The average Bonchev–Trinajstić information content (AvgIpc) is 1.96. The molecule has 0 aliphatic heterocycles. The topological polar surface area (TPSA) is 66.4 Å². The van der Waals surface area contributed by atoms with Gasteiger partial charge in [-0.25, -0.2) is 8.42 Å². The van der Waals surface area contributed by atoms with Gasteiger partial charge in [-0.2, -0.15) is 0 Å². The van der Waals surface area contributed by atoms with E-state index in [1.165, 1.54) is 6.26 Å². The predicted octanol–water partition coefficient (Wildman–Crippen LogP) is -0.608. The molecule has 5 heteroatoms. The quantitative estimate of drug-likeness (QED) is 0.555. The second-order valence-corrected chi connectivity index (χ2v) is 5.28. The molecule has 4 nitrogen and oxygen atoms in total. The number of hydrogen-bond donors (Lipinski definition) is 2. The zero-order valence-corrected chi connectivity index (χ0v) is 8.39. The van der Waals surface area contributed by atoms with Gasteiger partial charge in [-0.05, 0) is 19.9 Å². The highest BCUT2D eigenvalue weighted by atomic mass is 32.2. The molecule has 0 heterocycles. The van der Waals surface area contributed by atoms with Gasteiger partial charge in [0.05, 0.1) is 12.4 Å². The van der Waals surface area contributed by atoms with Gasteiger partial charge in [0.25, 0.3) is 0 Å². The molecule has 0 bridgehead atoms. The molecule has 1 atom stereocenters. The molecular formula is C7H17NO3S. The molecule has 0 aliphatic rings. The van der Waals surface area contributed by atoms with Crippen molar-refractivity contribution >= 4 is 9.84 Å². The Balaban J connectivity index is 3.34. The fourth-order valence-corrected chi connectivity index (χ4v) is 1.42. The van der Waals surface area contributed by atoms with E-state index < -0.39 is 9.84 Å². The Morgan fingerprint density at radius 1 is 1.50 bits per heavy atom. The minimum Gasteiger partial charge on any atom is -0.395 e. The maximum atomic E-state index is 10.7. The summed E-state index contributed by atoms with van der Waals surface area (Å²) in [5.74, 6) is 0.206. The summed E-state index contributed by atoms with van der Waals surface area (Å²) < 4.78 is 21.3. The fourth-order valence-electron chi connectivity index (χ4n) is 0.747. The minimum atomic E-state index is -2.83. The van der Waals surface area contributed by atoms with Crippen molar-refractivity contribution in [3.05, 3.63) is 0 Å². The van der Waals surface area contributed by atoms with Crippen molar-refractivity contribution in [2.75, 3.05) is 25.2 Å². The average molecular weight is 195 g/mol. The van der Waals surface area contributed by atoms with E-state index in [9.17, 15) is 8.42 Å².